The topological polar surface area (TPSA) is 80.8 Å². The summed E-state index contributed by atoms with van der Waals surface area (Å²) >= 11 is 0. The summed E-state index contributed by atoms with van der Waals surface area (Å²) in [7, 11) is 1.38. The molecule has 6 nitrogen and oxygen atoms in total. The van der Waals surface area contributed by atoms with Gasteiger partial charge in [0.25, 0.3) is 11.8 Å². The van der Waals surface area contributed by atoms with Crippen LogP contribution >= 0.6 is 0 Å². The molecular formula is C13H19NO5. The fourth-order valence-corrected chi connectivity index (χ4v) is 2.14. The average Bonchev–Trinajstić information content (AvgIpc) is 2.72. The number of rotatable bonds is 4. The molecule has 2 atom stereocenters. The van der Waals surface area contributed by atoms with Gasteiger partial charge in [-0.3, -0.25) is 4.79 Å². The van der Waals surface area contributed by atoms with Gasteiger partial charge in [0.2, 0.25) is 11.5 Å². The number of methoxy groups -OCH3 is 1. The summed E-state index contributed by atoms with van der Waals surface area (Å²) in [4.78, 5) is 14.4. The van der Waals surface area contributed by atoms with Crippen LogP contribution in [0, 0.1) is 12.8 Å². The van der Waals surface area contributed by atoms with E-state index < -0.39 is 12.1 Å². The van der Waals surface area contributed by atoms with Crippen LogP contribution in [-0.2, 0) is 4.74 Å². The molecule has 0 amide bonds. The van der Waals surface area contributed by atoms with E-state index in [4.69, 9.17) is 14.2 Å². The Bertz CT molecular complexity index is 524. The standard InChI is InChI=1S/C13H19NO5/c1-7(2)6-13(16,17-4)12-18-9-5-8(3)14-11(15)10(9)19-12/h5,7,12,16H,6H2,1-4H3,(H,14,15). The molecule has 2 rings (SSSR count). The lowest BCUT2D eigenvalue weighted by molar-refractivity contribution is -0.280. The molecule has 0 saturated carbocycles. The van der Waals surface area contributed by atoms with Crippen LogP contribution in [0.3, 0.4) is 0 Å². The number of nitrogens with one attached hydrogen (secondary N) is 1. The molecule has 1 aliphatic heterocycles. The number of aromatic amines is 1. The Morgan fingerprint density at radius 1 is 1.53 bits per heavy atom. The second kappa shape index (κ2) is 4.86. The molecule has 1 aromatic heterocycles. The molecule has 0 radical (unpaired) electrons. The number of hydrogen-bond donors (Lipinski definition) is 2. The van der Waals surface area contributed by atoms with Crippen LogP contribution in [0.2, 0.25) is 0 Å². The molecule has 0 fully saturated rings. The van der Waals surface area contributed by atoms with Crippen LogP contribution in [0.15, 0.2) is 10.9 Å². The second-order valence-corrected chi connectivity index (χ2v) is 5.19. The molecule has 0 aliphatic carbocycles. The molecular weight excluding hydrogens is 250 g/mol. The van der Waals surface area contributed by atoms with Gasteiger partial charge in [-0.05, 0) is 12.8 Å². The van der Waals surface area contributed by atoms with E-state index in [2.05, 4.69) is 4.98 Å². The molecule has 106 valence electrons. The average molecular weight is 269 g/mol. The van der Waals surface area contributed by atoms with Gasteiger partial charge >= 0.3 is 0 Å². The van der Waals surface area contributed by atoms with E-state index in [9.17, 15) is 9.90 Å². The molecule has 2 unspecified atom stereocenters. The number of aliphatic hydroxyl groups is 1. The smallest absolute Gasteiger partial charge is 0.295 e. The van der Waals surface area contributed by atoms with Crippen molar-refractivity contribution in [1.82, 2.24) is 4.98 Å². The summed E-state index contributed by atoms with van der Waals surface area (Å²) < 4.78 is 16.0. The Balaban J connectivity index is 2.28. The van der Waals surface area contributed by atoms with Crippen molar-refractivity contribution < 1.29 is 19.3 Å². The molecule has 19 heavy (non-hydrogen) atoms. The van der Waals surface area contributed by atoms with Gasteiger partial charge in [0, 0.05) is 25.3 Å². The second-order valence-electron chi connectivity index (χ2n) is 5.19. The number of pyridine rings is 1. The third kappa shape index (κ3) is 2.59. The van der Waals surface area contributed by atoms with Gasteiger partial charge in [-0.1, -0.05) is 13.8 Å². The molecule has 6 heteroatoms. The first kappa shape index (κ1) is 13.9. The fourth-order valence-electron chi connectivity index (χ4n) is 2.14. The third-order valence-corrected chi connectivity index (χ3v) is 2.97. The Morgan fingerprint density at radius 2 is 2.21 bits per heavy atom. The van der Waals surface area contributed by atoms with Crippen LogP contribution < -0.4 is 15.0 Å². The summed E-state index contributed by atoms with van der Waals surface area (Å²) in [5.74, 6) is -1.01. The van der Waals surface area contributed by atoms with Crippen molar-refractivity contribution in [1.29, 1.82) is 0 Å². The summed E-state index contributed by atoms with van der Waals surface area (Å²) in [6.45, 7) is 5.64. The highest BCUT2D eigenvalue weighted by atomic mass is 16.8. The zero-order valence-electron chi connectivity index (χ0n) is 11.5. The molecule has 2 N–H and O–H groups in total. The largest absolute Gasteiger partial charge is 0.445 e. The normalized spacial score (nSPS) is 20.6. The fraction of sp³-hybridized carbons (Fsp3) is 0.615. The maximum absolute atomic E-state index is 11.7. The summed E-state index contributed by atoms with van der Waals surface area (Å²) in [6, 6.07) is 1.65. The van der Waals surface area contributed by atoms with Crippen LogP contribution in [0.4, 0.5) is 0 Å². The Labute approximate surface area is 111 Å². The minimum absolute atomic E-state index is 0.0785. The van der Waals surface area contributed by atoms with Gasteiger partial charge in [0.05, 0.1) is 0 Å². The van der Waals surface area contributed by atoms with Crippen molar-refractivity contribution >= 4 is 0 Å². The number of ether oxygens (including phenoxy) is 3. The van der Waals surface area contributed by atoms with Crippen molar-refractivity contribution in [3.8, 4) is 11.5 Å². The third-order valence-electron chi connectivity index (χ3n) is 2.97. The zero-order chi connectivity index (χ0) is 14.2. The lowest BCUT2D eigenvalue weighted by Gasteiger charge is -2.31. The van der Waals surface area contributed by atoms with E-state index in [0.29, 0.717) is 17.9 Å². The molecule has 1 aromatic rings. The van der Waals surface area contributed by atoms with E-state index in [1.165, 1.54) is 7.11 Å². The number of hydrogen-bond acceptors (Lipinski definition) is 5. The maximum atomic E-state index is 11.7. The van der Waals surface area contributed by atoms with E-state index in [0.717, 1.165) is 0 Å². The molecule has 1 aliphatic rings. The number of aryl methyl sites for hydroxylation is 1. The first-order valence-corrected chi connectivity index (χ1v) is 6.20. The first-order valence-electron chi connectivity index (χ1n) is 6.20. The Hall–Kier alpha value is -1.53. The van der Waals surface area contributed by atoms with Crippen LogP contribution in [-0.4, -0.2) is 29.3 Å². The van der Waals surface area contributed by atoms with Crippen molar-refractivity contribution in [2.24, 2.45) is 5.92 Å². The first-order chi connectivity index (χ1) is 8.85. The van der Waals surface area contributed by atoms with Crippen LogP contribution in [0.5, 0.6) is 11.5 Å². The number of H-pyrrole nitrogens is 1. The molecule has 2 heterocycles. The van der Waals surface area contributed by atoms with E-state index in [-0.39, 0.29) is 17.2 Å². The highest BCUT2D eigenvalue weighted by Gasteiger charge is 2.46. The van der Waals surface area contributed by atoms with Crippen molar-refractivity contribution in [3.63, 3.8) is 0 Å². The van der Waals surface area contributed by atoms with E-state index in [1.807, 2.05) is 13.8 Å². The van der Waals surface area contributed by atoms with E-state index >= 15 is 0 Å². The van der Waals surface area contributed by atoms with Gasteiger partial charge in [-0.2, -0.15) is 0 Å². The minimum Gasteiger partial charge on any atom is -0.445 e. The lowest BCUT2D eigenvalue weighted by Crippen LogP contribution is -2.50. The Kier molecular flexibility index (Phi) is 3.56. The van der Waals surface area contributed by atoms with E-state index in [1.54, 1.807) is 13.0 Å². The minimum atomic E-state index is -1.59. The molecule has 0 spiro atoms. The van der Waals surface area contributed by atoms with Crippen molar-refractivity contribution in [2.75, 3.05) is 7.11 Å². The molecule has 0 saturated heterocycles. The van der Waals surface area contributed by atoms with Gasteiger partial charge in [0.15, 0.2) is 5.75 Å². The van der Waals surface area contributed by atoms with Crippen LogP contribution in [0.25, 0.3) is 0 Å². The molecule has 0 aromatic carbocycles. The van der Waals surface area contributed by atoms with Crippen molar-refractivity contribution in [3.05, 3.63) is 22.1 Å². The Morgan fingerprint density at radius 3 is 2.79 bits per heavy atom. The summed E-state index contributed by atoms with van der Waals surface area (Å²) in [5.41, 5.74) is 0.290. The van der Waals surface area contributed by atoms with Crippen molar-refractivity contribution in [2.45, 2.75) is 39.3 Å². The monoisotopic (exact) mass is 269 g/mol. The SMILES string of the molecule is COC(O)(CC(C)C)C1Oc2cc(C)[nH]c(=O)c2O1. The number of aromatic nitrogens is 1. The quantitative estimate of drug-likeness (QED) is 0.802. The van der Waals surface area contributed by atoms with Gasteiger partial charge in [-0.15, -0.1) is 0 Å². The summed E-state index contributed by atoms with van der Waals surface area (Å²) in [5, 5.41) is 10.4. The van der Waals surface area contributed by atoms with Gasteiger partial charge in [-0.25, -0.2) is 0 Å². The highest BCUT2D eigenvalue weighted by molar-refractivity contribution is 5.41. The zero-order valence-corrected chi connectivity index (χ0v) is 11.5. The highest BCUT2D eigenvalue weighted by Crippen LogP contribution is 2.37. The molecule has 0 bridgehead atoms. The van der Waals surface area contributed by atoms with Gasteiger partial charge in [0.1, 0.15) is 0 Å². The summed E-state index contributed by atoms with van der Waals surface area (Å²) in [6.07, 6.45) is -0.711. The predicted octanol–water partition coefficient (Wildman–Crippen LogP) is 1.16. The maximum Gasteiger partial charge on any atom is 0.295 e. The number of fused-ring (bicyclic) bond motifs is 1. The predicted molar refractivity (Wildman–Crippen MR) is 68.3 cm³/mol. The van der Waals surface area contributed by atoms with Gasteiger partial charge < -0.3 is 24.3 Å². The van der Waals surface area contributed by atoms with Crippen LogP contribution in [0.1, 0.15) is 26.0 Å². The lowest BCUT2D eigenvalue weighted by atomic mass is 10.0.